The third kappa shape index (κ3) is 2.01. The standard InChI is InChI=1S/C12H14N4O/c13-6-10-7-16(15-14-10)8-11-5-9-3-1-2-4-12(9)17-11/h1-4,7,11H,5-6,8,13H2. The summed E-state index contributed by atoms with van der Waals surface area (Å²) in [6.45, 7) is 1.13. The summed E-state index contributed by atoms with van der Waals surface area (Å²) in [7, 11) is 0. The molecule has 1 atom stereocenters. The summed E-state index contributed by atoms with van der Waals surface area (Å²) in [6, 6.07) is 8.12. The number of nitrogens with zero attached hydrogens (tertiary/aromatic N) is 3. The highest BCUT2D eigenvalue weighted by atomic mass is 16.5. The lowest BCUT2D eigenvalue weighted by molar-refractivity contribution is 0.202. The Hall–Kier alpha value is -1.88. The van der Waals surface area contributed by atoms with E-state index >= 15 is 0 Å². The summed E-state index contributed by atoms with van der Waals surface area (Å²) in [6.07, 6.45) is 2.93. The number of rotatable bonds is 3. The quantitative estimate of drug-likeness (QED) is 0.844. The predicted molar refractivity (Wildman–Crippen MR) is 62.5 cm³/mol. The number of benzene rings is 1. The summed E-state index contributed by atoms with van der Waals surface area (Å²) < 4.78 is 7.62. The molecule has 0 saturated heterocycles. The zero-order valence-electron chi connectivity index (χ0n) is 9.41. The van der Waals surface area contributed by atoms with Gasteiger partial charge in [-0.25, -0.2) is 4.68 Å². The Morgan fingerprint density at radius 3 is 3.06 bits per heavy atom. The zero-order chi connectivity index (χ0) is 11.7. The summed E-state index contributed by atoms with van der Waals surface area (Å²) >= 11 is 0. The molecule has 0 amide bonds. The van der Waals surface area contributed by atoms with Gasteiger partial charge >= 0.3 is 0 Å². The van der Waals surface area contributed by atoms with Gasteiger partial charge in [0.2, 0.25) is 0 Å². The molecule has 2 N–H and O–H groups in total. The van der Waals surface area contributed by atoms with E-state index in [1.165, 1.54) is 5.56 Å². The van der Waals surface area contributed by atoms with Gasteiger partial charge in [-0.05, 0) is 11.6 Å². The van der Waals surface area contributed by atoms with Crippen molar-refractivity contribution in [3.05, 3.63) is 41.7 Å². The van der Waals surface area contributed by atoms with E-state index in [2.05, 4.69) is 16.4 Å². The Morgan fingerprint density at radius 1 is 1.41 bits per heavy atom. The molecule has 3 rings (SSSR count). The number of aromatic nitrogens is 3. The molecule has 17 heavy (non-hydrogen) atoms. The van der Waals surface area contributed by atoms with E-state index < -0.39 is 0 Å². The fourth-order valence-electron chi connectivity index (χ4n) is 2.09. The molecule has 0 aliphatic carbocycles. The van der Waals surface area contributed by atoms with Gasteiger partial charge in [0.1, 0.15) is 11.9 Å². The van der Waals surface area contributed by atoms with Gasteiger partial charge in [0.25, 0.3) is 0 Å². The van der Waals surface area contributed by atoms with E-state index in [1.54, 1.807) is 4.68 Å². The van der Waals surface area contributed by atoms with Crippen molar-refractivity contribution in [1.29, 1.82) is 0 Å². The molecule has 1 aliphatic heterocycles. The molecule has 5 nitrogen and oxygen atoms in total. The van der Waals surface area contributed by atoms with Crippen LogP contribution in [0.1, 0.15) is 11.3 Å². The third-order valence-corrected chi connectivity index (χ3v) is 2.90. The van der Waals surface area contributed by atoms with E-state index in [0.29, 0.717) is 13.1 Å². The third-order valence-electron chi connectivity index (χ3n) is 2.90. The average Bonchev–Trinajstić information content (AvgIpc) is 2.94. The van der Waals surface area contributed by atoms with Crippen molar-refractivity contribution in [3.8, 4) is 5.75 Å². The molecule has 0 fully saturated rings. The van der Waals surface area contributed by atoms with Crippen molar-refractivity contribution in [1.82, 2.24) is 15.0 Å². The van der Waals surface area contributed by atoms with Gasteiger partial charge in [-0.15, -0.1) is 5.10 Å². The van der Waals surface area contributed by atoms with Crippen molar-refractivity contribution in [2.75, 3.05) is 0 Å². The van der Waals surface area contributed by atoms with Crippen LogP contribution in [0.15, 0.2) is 30.5 Å². The van der Waals surface area contributed by atoms with Crippen LogP contribution >= 0.6 is 0 Å². The Balaban J connectivity index is 1.69. The summed E-state index contributed by atoms with van der Waals surface area (Å²) in [5, 5.41) is 7.98. The minimum Gasteiger partial charge on any atom is -0.488 e. The molecular formula is C12H14N4O. The molecule has 0 bridgehead atoms. The van der Waals surface area contributed by atoms with E-state index in [0.717, 1.165) is 17.9 Å². The van der Waals surface area contributed by atoms with Crippen molar-refractivity contribution in [2.24, 2.45) is 5.73 Å². The van der Waals surface area contributed by atoms with Crippen LogP contribution in [0.2, 0.25) is 0 Å². The molecule has 2 aromatic rings. The van der Waals surface area contributed by atoms with Gasteiger partial charge in [-0.1, -0.05) is 23.4 Å². The number of para-hydroxylation sites is 1. The van der Waals surface area contributed by atoms with Crippen LogP contribution in [-0.4, -0.2) is 21.1 Å². The van der Waals surface area contributed by atoms with Crippen LogP contribution in [0.3, 0.4) is 0 Å². The molecule has 0 saturated carbocycles. The van der Waals surface area contributed by atoms with E-state index in [4.69, 9.17) is 10.5 Å². The monoisotopic (exact) mass is 230 g/mol. The van der Waals surface area contributed by atoms with Crippen LogP contribution in [0.4, 0.5) is 0 Å². The maximum Gasteiger partial charge on any atom is 0.123 e. The second-order valence-electron chi connectivity index (χ2n) is 4.19. The Bertz CT molecular complexity index is 498. The Kier molecular flexibility index (Phi) is 2.53. The summed E-state index contributed by atoms with van der Waals surface area (Å²) in [5.41, 5.74) is 7.56. The number of ether oxygens (including phenoxy) is 1. The van der Waals surface area contributed by atoms with Crippen molar-refractivity contribution >= 4 is 0 Å². The topological polar surface area (TPSA) is 66.0 Å². The molecule has 5 heteroatoms. The molecular weight excluding hydrogens is 216 g/mol. The summed E-state index contributed by atoms with van der Waals surface area (Å²) in [5.74, 6) is 0.983. The molecule has 1 aromatic heterocycles. The van der Waals surface area contributed by atoms with Crippen LogP contribution in [0.5, 0.6) is 5.75 Å². The number of nitrogens with two attached hydrogens (primary N) is 1. The highest BCUT2D eigenvalue weighted by Crippen LogP contribution is 2.28. The second kappa shape index (κ2) is 4.18. The number of fused-ring (bicyclic) bond motifs is 1. The van der Waals surface area contributed by atoms with Crippen molar-refractivity contribution in [2.45, 2.75) is 25.6 Å². The highest BCUT2D eigenvalue weighted by molar-refractivity contribution is 5.37. The zero-order valence-corrected chi connectivity index (χ0v) is 9.41. The van der Waals surface area contributed by atoms with Crippen molar-refractivity contribution < 1.29 is 4.74 Å². The van der Waals surface area contributed by atoms with Gasteiger partial charge in [0, 0.05) is 19.2 Å². The lowest BCUT2D eigenvalue weighted by Gasteiger charge is -2.09. The smallest absolute Gasteiger partial charge is 0.123 e. The van der Waals surface area contributed by atoms with Gasteiger partial charge in [0.05, 0.1) is 12.2 Å². The van der Waals surface area contributed by atoms with Crippen LogP contribution < -0.4 is 10.5 Å². The van der Waals surface area contributed by atoms with E-state index in [9.17, 15) is 0 Å². The van der Waals surface area contributed by atoms with Gasteiger partial charge in [0.15, 0.2) is 0 Å². The molecule has 0 spiro atoms. The molecule has 1 unspecified atom stereocenters. The van der Waals surface area contributed by atoms with Gasteiger partial charge < -0.3 is 10.5 Å². The molecule has 88 valence electrons. The van der Waals surface area contributed by atoms with Crippen molar-refractivity contribution in [3.63, 3.8) is 0 Å². The minimum absolute atomic E-state index is 0.139. The summed E-state index contributed by atoms with van der Waals surface area (Å²) in [4.78, 5) is 0. The first-order chi connectivity index (χ1) is 8.35. The Morgan fingerprint density at radius 2 is 2.29 bits per heavy atom. The fraction of sp³-hybridized carbons (Fsp3) is 0.333. The maximum absolute atomic E-state index is 5.83. The lowest BCUT2D eigenvalue weighted by Crippen LogP contribution is -2.21. The lowest BCUT2D eigenvalue weighted by atomic mass is 10.1. The molecule has 0 radical (unpaired) electrons. The van der Waals surface area contributed by atoms with Crippen LogP contribution in [-0.2, 0) is 19.5 Å². The number of hydrogen-bond donors (Lipinski definition) is 1. The van der Waals surface area contributed by atoms with E-state index in [1.807, 2.05) is 24.4 Å². The fourth-order valence-corrected chi connectivity index (χ4v) is 2.09. The van der Waals surface area contributed by atoms with E-state index in [-0.39, 0.29) is 6.10 Å². The van der Waals surface area contributed by atoms with Crippen LogP contribution in [0.25, 0.3) is 0 Å². The Labute approximate surface area is 99.2 Å². The largest absolute Gasteiger partial charge is 0.488 e. The first-order valence-electron chi connectivity index (χ1n) is 5.69. The first kappa shape index (κ1) is 10.3. The predicted octanol–water partition coefficient (Wildman–Crippen LogP) is 0.740. The minimum atomic E-state index is 0.139. The van der Waals surface area contributed by atoms with Crippen LogP contribution in [0, 0.1) is 0 Å². The first-order valence-corrected chi connectivity index (χ1v) is 5.69. The maximum atomic E-state index is 5.83. The normalized spacial score (nSPS) is 17.8. The van der Waals surface area contributed by atoms with Gasteiger partial charge in [-0.3, -0.25) is 0 Å². The highest BCUT2D eigenvalue weighted by Gasteiger charge is 2.22. The number of hydrogen-bond acceptors (Lipinski definition) is 4. The molecule has 1 aromatic carbocycles. The molecule has 1 aliphatic rings. The average molecular weight is 230 g/mol. The second-order valence-corrected chi connectivity index (χ2v) is 4.19. The molecule has 2 heterocycles. The van der Waals surface area contributed by atoms with Gasteiger partial charge in [-0.2, -0.15) is 0 Å². The SMILES string of the molecule is NCc1cn(CC2Cc3ccccc3O2)nn1.